The number of thiophene rings is 1. The Balaban J connectivity index is 1.74. The van der Waals surface area contributed by atoms with Gasteiger partial charge < -0.3 is 4.90 Å². The Bertz CT molecular complexity index is 778. The molecule has 1 fully saturated rings. The summed E-state index contributed by atoms with van der Waals surface area (Å²) in [6.07, 6.45) is 4.47. The Morgan fingerprint density at radius 1 is 1.21 bits per heavy atom. The van der Waals surface area contributed by atoms with E-state index in [4.69, 9.17) is 0 Å². The maximum atomic E-state index is 12.6. The Morgan fingerprint density at radius 2 is 1.96 bits per heavy atom. The lowest BCUT2D eigenvalue weighted by Crippen LogP contribution is -2.35. The van der Waals surface area contributed by atoms with Gasteiger partial charge in [-0.2, -0.15) is 4.31 Å². The lowest BCUT2D eigenvalue weighted by Gasteiger charge is -2.26. The number of hydrogen-bond acceptors (Lipinski definition) is 5. The van der Waals surface area contributed by atoms with E-state index in [0.717, 1.165) is 31.6 Å². The van der Waals surface area contributed by atoms with Crippen LogP contribution >= 0.6 is 11.3 Å². The summed E-state index contributed by atoms with van der Waals surface area (Å²) in [5.41, 5.74) is 1.27. The first kappa shape index (κ1) is 17.4. The molecule has 0 unspecified atom stereocenters. The fourth-order valence-corrected chi connectivity index (χ4v) is 5.29. The minimum Gasteiger partial charge on any atom is -0.355 e. The normalized spacial score (nSPS) is 16.2. The summed E-state index contributed by atoms with van der Waals surface area (Å²) < 4.78 is 26.9. The summed E-state index contributed by atoms with van der Waals surface area (Å²) in [5.74, 6) is 0.778. The van der Waals surface area contributed by atoms with Crippen LogP contribution in [0, 0.1) is 6.92 Å². The zero-order valence-corrected chi connectivity index (χ0v) is 15.7. The molecule has 0 bridgehead atoms. The predicted octanol–water partition coefficient (Wildman–Crippen LogP) is 3.26. The van der Waals surface area contributed by atoms with Crippen LogP contribution in [0.1, 0.15) is 29.7 Å². The monoisotopic (exact) mass is 365 g/mol. The minimum atomic E-state index is -3.41. The molecule has 0 amide bonds. The second kappa shape index (κ2) is 7.21. The van der Waals surface area contributed by atoms with Crippen molar-refractivity contribution in [3.8, 4) is 0 Å². The molecule has 0 N–H and O–H groups in total. The summed E-state index contributed by atoms with van der Waals surface area (Å²) in [5, 5.41) is 2.08. The van der Waals surface area contributed by atoms with Crippen LogP contribution in [0.5, 0.6) is 0 Å². The molecule has 0 spiro atoms. The number of sulfonamides is 1. The first-order valence-electron chi connectivity index (χ1n) is 8.19. The molecule has 0 aliphatic carbocycles. The molecule has 1 saturated heterocycles. The molecule has 7 heteroatoms. The van der Waals surface area contributed by atoms with E-state index in [1.165, 1.54) is 16.6 Å². The van der Waals surface area contributed by atoms with Gasteiger partial charge in [0.25, 0.3) is 0 Å². The second-order valence-corrected chi connectivity index (χ2v) is 9.14. The number of nitrogens with zero attached hydrogens (tertiary/aromatic N) is 3. The highest BCUT2D eigenvalue weighted by Crippen LogP contribution is 2.23. The van der Waals surface area contributed by atoms with E-state index in [1.54, 1.807) is 27.8 Å². The van der Waals surface area contributed by atoms with E-state index in [2.05, 4.69) is 23.4 Å². The van der Waals surface area contributed by atoms with Crippen molar-refractivity contribution in [3.05, 3.63) is 40.2 Å². The van der Waals surface area contributed by atoms with Gasteiger partial charge in [-0.1, -0.05) is 6.42 Å². The van der Waals surface area contributed by atoms with Crippen LogP contribution in [0.3, 0.4) is 0 Å². The van der Waals surface area contributed by atoms with Crippen molar-refractivity contribution in [1.29, 1.82) is 0 Å². The number of aromatic nitrogens is 1. The molecule has 2 aromatic heterocycles. The molecule has 0 aromatic carbocycles. The third kappa shape index (κ3) is 3.63. The lowest BCUT2D eigenvalue weighted by molar-refractivity contribution is 0.346. The summed E-state index contributed by atoms with van der Waals surface area (Å²) in [6.45, 7) is 4.10. The van der Waals surface area contributed by atoms with E-state index in [9.17, 15) is 8.42 Å². The Kier molecular flexibility index (Phi) is 5.22. The third-order valence-corrected chi connectivity index (χ3v) is 7.30. The van der Waals surface area contributed by atoms with E-state index in [0.29, 0.717) is 13.1 Å². The van der Waals surface area contributed by atoms with Gasteiger partial charge in [-0.25, -0.2) is 13.4 Å². The van der Waals surface area contributed by atoms with Crippen LogP contribution in [0.2, 0.25) is 0 Å². The van der Waals surface area contributed by atoms with E-state index >= 15 is 0 Å². The van der Waals surface area contributed by atoms with E-state index < -0.39 is 10.0 Å². The lowest BCUT2D eigenvalue weighted by atomic mass is 10.2. The molecule has 2 aromatic rings. The number of pyridine rings is 1. The second-order valence-electron chi connectivity index (χ2n) is 6.20. The van der Waals surface area contributed by atoms with Crippen LogP contribution in [0.4, 0.5) is 5.82 Å². The smallest absolute Gasteiger partial charge is 0.244 e. The highest BCUT2D eigenvalue weighted by molar-refractivity contribution is 7.89. The van der Waals surface area contributed by atoms with Crippen molar-refractivity contribution >= 4 is 27.2 Å². The highest BCUT2D eigenvalue weighted by Gasteiger charge is 2.26. The Labute approximate surface area is 148 Å². The third-order valence-electron chi connectivity index (χ3n) is 4.41. The van der Waals surface area contributed by atoms with Crippen molar-refractivity contribution in [3.63, 3.8) is 0 Å². The molecule has 24 heavy (non-hydrogen) atoms. The summed E-state index contributed by atoms with van der Waals surface area (Å²) >= 11 is 1.73. The fourth-order valence-electron chi connectivity index (χ4n) is 2.87. The van der Waals surface area contributed by atoms with Gasteiger partial charge in [0.05, 0.1) is 6.54 Å². The maximum Gasteiger partial charge on any atom is 0.244 e. The van der Waals surface area contributed by atoms with Crippen molar-refractivity contribution in [1.82, 2.24) is 9.29 Å². The quantitative estimate of drug-likeness (QED) is 0.816. The van der Waals surface area contributed by atoms with Crippen molar-refractivity contribution in [2.45, 2.75) is 37.6 Å². The summed E-state index contributed by atoms with van der Waals surface area (Å²) in [4.78, 5) is 7.99. The molecule has 3 rings (SSSR count). The van der Waals surface area contributed by atoms with Gasteiger partial charge in [-0.3, -0.25) is 0 Å². The number of piperidine rings is 1. The molecule has 1 aliphatic heterocycles. The molecular formula is C17H23N3O2S2. The largest absolute Gasteiger partial charge is 0.355 e. The standard InChI is InChI=1S/C17H23N3O2S2/c1-14-8-11-23-16(14)13-19(2)17-7-6-15(12-18-17)24(21,22)20-9-4-3-5-10-20/h6-8,11-12H,3-5,9-10,13H2,1-2H3. The molecule has 0 radical (unpaired) electrons. The van der Waals surface area contributed by atoms with E-state index in [1.807, 2.05) is 11.9 Å². The Hall–Kier alpha value is -1.44. The zero-order valence-electron chi connectivity index (χ0n) is 14.1. The fraction of sp³-hybridized carbons (Fsp3) is 0.471. The van der Waals surface area contributed by atoms with Crippen LogP contribution in [-0.4, -0.2) is 37.8 Å². The number of anilines is 1. The van der Waals surface area contributed by atoms with Crippen LogP contribution < -0.4 is 4.90 Å². The van der Waals surface area contributed by atoms with Gasteiger partial charge >= 0.3 is 0 Å². The molecule has 0 saturated carbocycles. The summed E-state index contributed by atoms with van der Waals surface area (Å²) in [6, 6.07) is 5.57. The predicted molar refractivity (Wildman–Crippen MR) is 98.0 cm³/mol. The highest BCUT2D eigenvalue weighted by atomic mass is 32.2. The molecular weight excluding hydrogens is 342 g/mol. The van der Waals surface area contributed by atoms with Gasteiger partial charge in [0.2, 0.25) is 10.0 Å². The first-order chi connectivity index (χ1) is 11.5. The first-order valence-corrected chi connectivity index (χ1v) is 10.5. The van der Waals surface area contributed by atoms with Crippen LogP contribution in [0.15, 0.2) is 34.7 Å². The van der Waals surface area contributed by atoms with Gasteiger partial charge in [0.15, 0.2) is 0 Å². The molecule has 1 aliphatic rings. The average molecular weight is 366 g/mol. The SMILES string of the molecule is Cc1ccsc1CN(C)c1ccc(S(=O)(=O)N2CCCCC2)cn1. The van der Waals surface area contributed by atoms with Crippen molar-refractivity contribution in [2.24, 2.45) is 0 Å². The van der Waals surface area contributed by atoms with Gasteiger partial charge in [-0.05, 0) is 48.9 Å². The van der Waals surface area contributed by atoms with Gasteiger partial charge in [-0.15, -0.1) is 11.3 Å². The van der Waals surface area contributed by atoms with Gasteiger partial charge in [0, 0.05) is 31.2 Å². The summed E-state index contributed by atoms with van der Waals surface area (Å²) in [7, 11) is -1.43. The number of aryl methyl sites for hydroxylation is 1. The van der Waals surface area contributed by atoms with Gasteiger partial charge in [0.1, 0.15) is 10.7 Å². The minimum absolute atomic E-state index is 0.286. The van der Waals surface area contributed by atoms with Crippen LogP contribution in [-0.2, 0) is 16.6 Å². The van der Waals surface area contributed by atoms with E-state index in [-0.39, 0.29) is 4.90 Å². The average Bonchev–Trinajstić information content (AvgIpc) is 3.00. The number of rotatable bonds is 5. The topological polar surface area (TPSA) is 53.5 Å². The van der Waals surface area contributed by atoms with Crippen LogP contribution in [0.25, 0.3) is 0 Å². The van der Waals surface area contributed by atoms with Crippen molar-refractivity contribution < 1.29 is 8.42 Å². The van der Waals surface area contributed by atoms with Crippen molar-refractivity contribution in [2.75, 3.05) is 25.0 Å². The molecule has 0 atom stereocenters. The zero-order chi connectivity index (χ0) is 17.2. The number of hydrogen-bond donors (Lipinski definition) is 0. The molecule has 130 valence electrons. The maximum absolute atomic E-state index is 12.6. The molecule has 5 nitrogen and oxygen atoms in total. The molecule has 3 heterocycles. The Morgan fingerprint density at radius 3 is 2.54 bits per heavy atom.